The predicted octanol–water partition coefficient (Wildman–Crippen LogP) is 3.92. The topological polar surface area (TPSA) is 36.0 Å². The molecule has 0 radical (unpaired) electrons. The lowest BCUT2D eigenvalue weighted by molar-refractivity contribution is 0.210. The summed E-state index contributed by atoms with van der Waals surface area (Å²) >= 11 is 3.20. The highest BCUT2D eigenvalue weighted by Gasteiger charge is 2.20. The van der Waals surface area contributed by atoms with Crippen molar-refractivity contribution in [1.82, 2.24) is 4.98 Å². The van der Waals surface area contributed by atoms with Crippen LogP contribution in [0, 0.1) is 26.6 Å². The molecule has 1 unspecified atom stereocenters. The van der Waals surface area contributed by atoms with Gasteiger partial charge in [0.2, 0.25) is 0 Å². The van der Waals surface area contributed by atoms with Crippen LogP contribution in [0.3, 0.4) is 0 Å². The lowest BCUT2D eigenvalue weighted by atomic mass is 10.0. The highest BCUT2D eigenvalue weighted by molar-refractivity contribution is 9.10. The first-order valence-corrected chi connectivity index (χ1v) is 6.49. The minimum Gasteiger partial charge on any atom is -0.382 e. The van der Waals surface area contributed by atoms with E-state index in [9.17, 15) is 9.50 Å². The molecule has 2 N–H and O–H groups in total. The highest BCUT2D eigenvalue weighted by Crippen LogP contribution is 2.29. The lowest BCUT2D eigenvalue weighted by Gasteiger charge is -2.12. The first kappa shape index (κ1) is 13.3. The number of aliphatic hydroxyl groups excluding tert-OH is 1. The second-order valence-corrected chi connectivity index (χ2v) is 5.40. The molecule has 2 aromatic rings. The van der Waals surface area contributed by atoms with Gasteiger partial charge in [0.25, 0.3) is 0 Å². The molecule has 0 amide bonds. The van der Waals surface area contributed by atoms with Crippen LogP contribution in [0.1, 0.15) is 34.2 Å². The average Bonchev–Trinajstić information content (AvgIpc) is 2.56. The zero-order valence-corrected chi connectivity index (χ0v) is 12.1. The predicted molar refractivity (Wildman–Crippen MR) is 73.2 cm³/mol. The number of aromatic nitrogens is 1. The zero-order chi connectivity index (χ0) is 13.4. The van der Waals surface area contributed by atoms with Crippen molar-refractivity contribution in [2.24, 2.45) is 0 Å². The Bertz CT molecular complexity index is 592. The number of nitrogens with one attached hydrogen (secondary N) is 1. The smallest absolute Gasteiger partial charge is 0.130 e. The Hall–Kier alpha value is -1.13. The van der Waals surface area contributed by atoms with E-state index < -0.39 is 11.9 Å². The first-order chi connectivity index (χ1) is 8.41. The van der Waals surface area contributed by atoms with Gasteiger partial charge in [-0.3, -0.25) is 0 Å². The lowest BCUT2D eigenvalue weighted by Crippen LogP contribution is -2.04. The molecule has 1 atom stereocenters. The summed E-state index contributed by atoms with van der Waals surface area (Å²) < 4.78 is 14.5. The molecule has 0 saturated carbocycles. The molecule has 0 aliphatic rings. The van der Waals surface area contributed by atoms with Gasteiger partial charge >= 0.3 is 0 Å². The number of aliphatic hydroxyl groups is 1. The third-order valence-corrected chi connectivity index (χ3v) is 3.87. The van der Waals surface area contributed by atoms with Crippen LogP contribution in [-0.4, -0.2) is 10.1 Å². The summed E-state index contributed by atoms with van der Waals surface area (Å²) in [6.45, 7) is 5.85. The minimum atomic E-state index is -0.967. The second-order valence-electron chi connectivity index (χ2n) is 4.48. The fourth-order valence-corrected chi connectivity index (χ4v) is 2.36. The molecule has 0 fully saturated rings. The minimum absolute atomic E-state index is 0.280. The van der Waals surface area contributed by atoms with Crippen LogP contribution < -0.4 is 0 Å². The largest absolute Gasteiger partial charge is 0.382 e. The Balaban J connectivity index is 2.47. The van der Waals surface area contributed by atoms with E-state index in [1.54, 1.807) is 12.1 Å². The molecular weight excluding hydrogens is 297 g/mol. The Labute approximate surface area is 114 Å². The van der Waals surface area contributed by atoms with Crippen LogP contribution >= 0.6 is 15.9 Å². The van der Waals surface area contributed by atoms with Gasteiger partial charge in [0, 0.05) is 15.7 Å². The van der Waals surface area contributed by atoms with Crippen LogP contribution in [0.2, 0.25) is 0 Å². The summed E-state index contributed by atoms with van der Waals surface area (Å²) in [6.07, 6.45) is -0.967. The Morgan fingerprint density at radius 2 is 1.89 bits per heavy atom. The van der Waals surface area contributed by atoms with E-state index in [0.717, 1.165) is 16.8 Å². The van der Waals surface area contributed by atoms with Gasteiger partial charge in [-0.25, -0.2) is 4.39 Å². The van der Waals surface area contributed by atoms with Crippen molar-refractivity contribution >= 4 is 15.9 Å². The summed E-state index contributed by atoms with van der Waals surface area (Å²) in [5.74, 6) is -0.416. The van der Waals surface area contributed by atoms with Gasteiger partial charge in [-0.1, -0.05) is 22.0 Å². The van der Waals surface area contributed by atoms with Crippen molar-refractivity contribution in [3.63, 3.8) is 0 Å². The molecule has 1 aromatic heterocycles. The van der Waals surface area contributed by atoms with Gasteiger partial charge in [-0.15, -0.1) is 0 Å². The van der Waals surface area contributed by atoms with Gasteiger partial charge in [0.05, 0.1) is 5.69 Å². The molecule has 0 aliphatic heterocycles. The average molecular weight is 312 g/mol. The number of halogens is 2. The molecular formula is C14H15BrFNO. The van der Waals surface area contributed by atoms with Crippen molar-refractivity contribution in [3.8, 4) is 0 Å². The summed E-state index contributed by atoms with van der Waals surface area (Å²) in [5.41, 5.74) is 4.01. The molecule has 0 saturated heterocycles. The quantitative estimate of drug-likeness (QED) is 0.866. The van der Waals surface area contributed by atoms with Gasteiger partial charge in [-0.2, -0.15) is 0 Å². The van der Waals surface area contributed by atoms with E-state index in [-0.39, 0.29) is 5.56 Å². The van der Waals surface area contributed by atoms with Crippen LogP contribution in [-0.2, 0) is 0 Å². The molecule has 0 bridgehead atoms. The fourth-order valence-electron chi connectivity index (χ4n) is 2.02. The van der Waals surface area contributed by atoms with E-state index in [2.05, 4.69) is 20.9 Å². The Kier molecular flexibility index (Phi) is 3.59. The third-order valence-electron chi connectivity index (χ3n) is 3.38. The van der Waals surface area contributed by atoms with Crippen LogP contribution in [0.5, 0.6) is 0 Å². The molecule has 2 nitrogen and oxygen atoms in total. The summed E-state index contributed by atoms with van der Waals surface area (Å²) in [6, 6.07) is 4.67. The number of aromatic amines is 1. The van der Waals surface area contributed by atoms with Crippen molar-refractivity contribution in [3.05, 3.63) is 56.6 Å². The van der Waals surface area contributed by atoms with Crippen molar-refractivity contribution < 1.29 is 9.50 Å². The Morgan fingerprint density at radius 3 is 2.39 bits per heavy atom. The summed E-state index contributed by atoms with van der Waals surface area (Å²) in [7, 11) is 0. The SMILES string of the molecule is Cc1[nH]c(C(O)c2ccc(Br)cc2F)c(C)c1C. The van der Waals surface area contributed by atoms with E-state index in [0.29, 0.717) is 10.2 Å². The van der Waals surface area contributed by atoms with Crippen LogP contribution in [0.15, 0.2) is 22.7 Å². The maximum absolute atomic E-state index is 13.8. The molecule has 0 aliphatic carbocycles. The number of H-pyrrole nitrogens is 1. The van der Waals surface area contributed by atoms with Crippen molar-refractivity contribution in [2.45, 2.75) is 26.9 Å². The van der Waals surface area contributed by atoms with Crippen LogP contribution in [0.4, 0.5) is 4.39 Å². The molecule has 1 aromatic carbocycles. The molecule has 2 rings (SSSR count). The van der Waals surface area contributed by atoms with E-state index in [1.807, 2.05) is 20.8 Å². The maximum atomic E-state index is 13.8. The van der Waals surface area contributed by atoms with Crippen molar-refractivity contribution in [2.75, 3.05) is 0 Å². The molecule has 4 heteroatoms. The molecule has 18 heavy (non-hydrogen) atoms. The van der Waals surface area contributed by atoms with Gasteiger partial charge in [0.1, 0.15) is 11.9 Å². The van der Waals surface area contributed by atoms with Crippen LogP contribution in [0.25, 0.3) is 0 Å². The summed E-state index contributed by atoms with van der Waals surface area (Å²) in [5, 5.41) is 10.3. The number of rotatable bonds is 2. The fraction of sp³-hybridized carbons (Fsp3) is 0.286. The van der Waals surface area contributed by atoms with Gasteiger partial charge in [-0.05, 0) is 44.0 Å². The van der Waals surface area contributed by atoms with Gasteiger partial charge in [0.15, 0.2) is 0 Å². The number of aryl methyl sites for hydroxylation is 1. The van der Waals surface area contributed by atoms with Gasteiger partial charge < -0.3 is 10.1 Å². The molecule has 96 valence electrons. The van der Waals surface area contributed by atoms with E-state index in [4.69, 9.17) is 0 Å². The maximum Gasteiger partial charge on any atom is 0.130 e. The molecule has 0 spiro atoms. The Morgan fingerprint density at radius 1 is 1.22 bits per heavy atom. The standard InChI is InChI=1S/C14H15BrFNO/c1-7-8(2)13(17-9(7)3)14(18)11-5-4-10(15)6-12(11)16/h4-6,14,17-18H,1-3H3. The third kappa shape index (κ3) is 2.22. The summed E-state index contributed by atoms with van der Waals surface area (Å²) in [4.78, 5) is 3.12. The number of hydrogen-bond acceptors (Lipinski definition) is 1. The van der Waals surface area contributed by atoms with Crippen molar-refractivity contribution in [1.29, 1.82) is 0 Å². The monoisotopic (exact) mass is 311 g/mol. The molecule has 1 heterocycles. The first-order valence-electron chi connectivity index (χ1n) is 5.70. The number of hydrogen-bond donors (Lipinski definition) is 2. The second kappa shape index (κ2) is 4.86. The van der Waals surface area contributed by atoms with E-state index in [1.165, 1.54) is 6.07 Å². The van der Waals surface area contributed by atoms with E-state index >= 15 is 0 Å². The normalized spacial score (nSPS) is 12.8. The zero-order valence-electron chi connectivity index (χ0n) is 10.5. The number of benzene rings is 1. The highest BCUT2D eigenvalue weighted by atomic mass is 79.9.